The summed E-state index contributed by atoms with van der Waals surface area (Å²) in [6, 6.07) is -1.22. The Morgan fingerprint density at radius 2 is 2.00 bits per heavy atom. The van der Waals surface area contributed by atoms with Gasteiger partial charge in [-0.3, -0.25) is 4.79 Å². The summed E-state index contributed by atoms with van der Waals surface area (Å²) in [7, 11) is 0. The topological polar surface area (TPSA) is 124 Å². The van der Waals surface area contributed by atoms with Gasteiger partial charge in [-0.2, -0.15) is 0 Å². The third-order valence-corrected chi connectivity index (χ3v) is 1.41. The molecule has 6 nitrogen and oxygen atoms in total. The van der Waals surface area contributed by atoms with Crippen molar-refractivity contribution in [3.05, 3.63) is 0 Å². The second-order valence-electron chi connectivity index (χ2n) is 2.39. The first-order chi connectivity index (χ1) is 5.54. The molecule has 0 aromatic heterocycles. The maximum atomic E-state index is 10.9. The average molecular weight is 181 g/mol. The van der Waals surface area contributed by atoms with Gasteiger partial charge in [-0.15, -0.1) is 0 Å². The predicted molar refractivity (Wildman–Crippen MR) is 39.2 cm³/mol. The zero-order valence-corrected chi connectivity index (χ0v) is 6.42. The lowest BCUT2D eigenvalue weighted by Gasteiger charge is -2.16. The highest BCUT2D eigenvalue weighted by Gasteiger charge is 2.27. The molecule has 0 amide bonds. The molecule has 6 heteroatoms. The van der Waals surface area contributed by atoms with Crippen LogP contribution in [0.15, 0.2) is 0 Å². The molecule has 72 valence electrons. The molecule has 0 aliphatic rings. The summed E-state index contributed by atoms with van der Waals surface area (Å²) in [4.78, 5) is 10.9. The average Bonchev–Trinajstić information content (AvgIpc) is 2.12. The van der Waals surface area contributed by atoms with Gasteiger partial charge >= 0.3 is 0 Å². The molecule has 0 aliphatic carbocycles. The van der Waals surface area contributed by atoms with Crippen LogP contribution < -0.4 is 5.73 Å². The lowest BCUT2D eigenvalue weighted by atomic mass is 10.1. The fourth-order valence-electron chi connectivity index (χ4n) is 0.599. The Bertz CT molecular complexity index is 151. The largest absolute Gasteiger partial charge is 0.394 e. The second-order valence-corrected chi connectivity index (χ2v) is 2.39. The van der Waals surface area contributed by atoms with E-state index in [1.165, 1.54) is 0 Å². The summed E-state index contributed by atoms with van der Waals surface area (Å²) in [6.45, 7) is -1.33. The Hall–Kier alpha value is -0.530. The number of nitrogens with two attached hydrogens (primary N) is 1. The molecule has 12 heavy (non-hydrogen) atoms. The standard InChI is InChI=1S/C6H13NO5/c7-3(1-8)5(11)6(12)4(10)2-9/h3-4,6,8-10,12H,1-2,7H2/t3-,4+,6+/m0/s1/i1+2. The molecular formula is C6H13NO5. The number of aliphatic hydroxyl groups excluding tert-OH is 4. The third-order valence-electron chi connectivity index (χ3n) is 1.41. The Morgan fingerprint density at radius 1 is 1.50 bits per heavy atom. The van der Waals surface area contributed by atoms with Gasteiger partial charge in [0.25, 0.3) is 0 Å². The van der Waals surface area contributed by atoms with Crippen LogP contribution in [-0.2, 0) is 4.79 Å². The lowest BCUT2D eigenvalue weighted by Crippen LogP contribution is -2.47. The molecule has 0 saturated carbocycles. The van der Waals surface area contributed by atoms with E-state index in [0.29, 0.717) is 0 Å². The first-order valence-electron chi connectivity index (χ1n) is 3.41. The predicted octanol–water partition coefficient (Wildman–Crippen LogP) is -3.41. The Morgan fingerprint density at radius 3 is 2.33 bits per heavy atom. The van der Waals surface area contributed by atoms with Gasteiger partial charge in [0.1, 0.15) is 12.2 Å². The van der Waals surface area contributed by atoms with Gasteiger partial charge in [-0.05, 0) is 0 Å². The lowest BCUT2D eigenvalue weighted by molar-refractivity contribution is -0.136. The van der Waals surface area contributed by atoms with E-state index in [4.69, 9.17) is 26.2 Å². The van der Waals surface area contributed by atoms with Gasteiger partial charge < -0.3 is 26.2 Å². The van der Waals surface area contributed by atoms with Crippen LogP contribution in [-0.4, -0.2) is 57.7 Å². The molecule has 0 rings (SSSR count). The fraction of sp³-hybridized carbons (Fsp3) is 0.833. The number of hydrogen-bond donors (Lipinski definition) is 5. The molecule has 3 atom stereocenters. The van der Waals surface area contributed by atoms with Gasteiger partial charge in [-0.25, -0.2) is 0 Å². The Balaban J connectivity index is 4.09. The number of carbonyl (C=O) groups excluding carboxylic acids is 1. The van der Waals surface area contributed by atoms with Crippen molar-refractivity contribution in [1.82, 2.24) is 0 Å². The van der Waals surface area contributed by atoms with E-state index >= 15 is 0 Å². The summed E-state index contributed by atoms with van der Waals surface area (Å²) >= 11 is 0. The zero-order valence-electron chi connectivity index (χ0n) is 6.42. The van der Waals surface area contributed by atoms with Gasteiger partial charge in [0.15, 0.2) is 5.78 Å². The van der Waals surface area contributed by atoms with Crippen molar-refractivity contribution in [2.75, 3.05) is 13.2 Å². The summed E-state index contributed by atoms with van der Waals surface area (Å²) < 4.78 is 0. The van der Waals surface area contributed by atoms with Crippen LogP contribution in [0.1, 0.15) is 0 Å². The number of Topliss-reactive ketones (excluding diaryl/α,β-unsaturated/α-hetero) is 1. The van der Waals surface area contributed by atoms with Crippen LogP contribution in [0.2, 0.25) is 0 Å². The van der Waals surface area contributed by atoms with Gasteiger partial charge in [0, 0.05) is 0 Å². The van der Waals surface area contributed by atoms with E-state index in [1.54, 1.807) is 0 Å². The Labute approximate surface area is 69.2 Å². The summed E-state index contributed by atoms with van der Waals surface area (Å²) in [5.41, 5.74) is 5.06. The van der Waals surface area contributed by atoms with E-state index < -0.39 is 37.2 Å². The second kappa shape index (κ2) is 5.18. The minimum absolute atomic E-state index is 0.603. The number of rotatable bonds is 5. The van der Waals surface area contributed by atoms with Crippen LogP contribution in [0.25, 0.3) is 0 Å². The van der Waals surface area contributed by atoms with Gasteiger partial charge in [-0.1, -0.05) is 0 Å². The summed E-state index contributed by atoms with van der Waals surface area (Å²) in [5.74, 6) is -0.890. The van der Waals surface area contributed by atoms with Crippen LogP contribution in [0.4, 0.5) is 0 Å². The fourth-order valence-corrected chi connectivity index (χ4v) is 0.599. The Kier molecular flexibility index (Phi) is 4.95. The summed E-state index contributed by atoms with van der Waals surface area (Å²) in [6.07, 6.45) is -3.28. The molecule has 0 aromatic carbocycles. The molecule has 0 radical (unpaired) electrons. The van der Waals surface area contributed by atoms with Crippen LogP contribution in [0, 0.1) is 0 Å². The van der Waals surface area contributed by atoms with E-state index in [1.807, 2.05) is 0 Å². The molecule has 6 N–H and O–H groups in total. The maximum absolute atomic E-state index is 10.9. The highest BCUT2D eigenvalue weighted by Crippen LogP contribution is 1.96. The smallest absolute Gasteiger partial charge is 0.182 e. The van der Waals surface area contributed by atoms with Crippen molar-refractivity contribution >= 4 is 5.78 Å². The molecule has 0 spiro atoms. The minimum atomic E-state index is -1.74. The SMILES string of the molecule is N[C@@H]([14CH2]O)C(=O)[C@H](O)[C@H](O)CO. The quantitative estimate of drug-likeness (QED) is 0.301. The normalized spacial score (nSPS) is 18.4. The molecule has 0 saturated heterocycles. The highest BCUT2D eigenvalue weighted by atomic mass is 16.5. The minimum Gasteiger partial charge on any atom is -0.394 e. The number of hydrogen-bond acceptors (Lipinski definition) is 6. The summed E-state index contributed by atoms with van der Waals surface area (Å²) in [5, 5.41) is 34.5. The molecule has 0 fully saturated rings. The first-order valence-corrected chi connectivity index (χ1v) is 3.41. The van der Waals surface area contributed by atoms with Crippen LogP contribution in [0.5, 0.6) is 0 Å². The first kappa shape index (κ1) is 11.5. The van der Waals surface area contributed by atoms with Crippen LogP contribution >= 0.6 is 0 Å². The van der Waals surface area contributed by atoms with E-state index in [0.717, 1.165) is 0 Å². The number of aliphatic hydroxyl groups is 4. The molecule has 0 aliphatic heterocycles. The zero-order chi connectivity index (χ0) is 9.72. The van der Waals surface area contributed by atoms with Gasteiger partial charge in [0.2, 0.25) is 0 Å². The van der Waals surface area contributed by atoms with Crippen molar-refractivity contribution in [2.45, 2.75) is 18.2 Å². The molecule has 0 heterocycles. The van der Waals surface area contributed by atoms with E-state index in [9.17, 15) is 4.79 Å². The third kappa shape index (κ3) is 2.84. The van der Waals surface area contributed by atoms with Gasteiger partial charge in [0.05, 0.1) is 19.3 Å². The van der Waals surface area contributed by atoms with Crippen molar-refractivity contribution in [3.8, 4) is 0 Å². The molecule has 0 unspecified atom stereocenters. The van der Waals surface area contributed by atoms with Crippen molar-refractivity contribution in [2.24, 2.45) is 5.73 Å². The highest BCUT2D eigenvalue weighted by molar-refractivity contribution is 5.88. The van der Waals surface area contributed by atoms with E-state index in [2.05, 4.69) is 0 Å². The van der Waals surface area contributed by atoms with Crippen LogP contribution in [0.3, 0.4) is 0 Å². The molecule has 0 bridgehead atoms. The number of ketones is 1. The monoisotopic (exact) mass is 181 g/mol. The van der Waals surface area contributed by atoms with Crippen molar-refractivity contribution in [1.29, 1.82) is 0 Å². The maximum Gasteiger partial charge on any atom is 0.182 e. The van der Waals surface area contributed by atoms with Crippen molar-refractivity contribution < 1.29 is 25.2 Å². The van der Waals surface area contributed by atoms with Crippen molar-refractivity contribution in [3.63, 3.8) is 0 Å². The molecular weight excluding hydrogens is 168 g/mol. The molecule has 0 aromatic rings. The van der Waals surface area contributed by atoms with E-state index in [-0.39, 0.29) is 0 Å². The number of carbonyl (C=O) groups is 1.